The maximum absolute atomic E-state index is 13.0. The molecule has 0 saturated carbocycles. The molecule has 0 aromatic carbocycles. The molecule has 2 N–H and O–H groups in total. The zero-order valence-electron chi connectivity index (χ0n) is 16.7. The third-order valence-electron chi connectivity index (χ3n) is 5.10. The van der Waals surface area contributed by atoms with Crippen LogP contribution in [0.2, 0.25) is 0 Å². The van der Waals surface area contributed by atoms with E-state index in [4.69, 9.17) is 24.0 Å². The van der Waals surface area contributed by atoms with Crippen LogP contribution in [0.25, 0.3) is 5.52 Å². The SMILES string of the molecule is CC(C)(C)CO[P@@]1(=O)OC[C@H]2O[C@@H](c3ccc4c(N)ncnn34)[C@](C)(C#N)[C@@H]2O1. The fourth-order valence-corrected chi connectivity index (χ4v) is 5.28. The van der Waals surface area contributed by atoms with Gasteiger partial charge in [-0.1, -0.05) is 20.8 Å². The minimum absolute atomic E-state index is 0.000286. The summed E-state index contributed by atoms with van der Waals surface area (Å²) < 4.78 is 37.4. The lowest BCUT2D eigenvalue weighted by Crippen LogP contribution is -2.42. The Morgan fingerprint density at radius 2 is 2.24 bits per heavy atom. The molecule has 4 heterocycles. The summed E-state index contributed by atoms with van der Waals surface area (Å²) in [7, 11) is -3.82. The minimum atomic E-state index is -3.82. The predicted octanol–water partition coefficient (Wildman–Crippen LogP) is 2.87. The fraction of sp³-hybridized carbons (Fsp3) is 0.611. The number of nitriles is 1. The van der Waals surface area contributed by atoms with Crippen molar-refractivity contribution >= 4 is 19.2 Å². The van der Waals surface area contributed by atoms with Crippen LogP contribution in [0, 0.1) is 22.2 Å². The summed E-state index contributed by atoms with van der Waals surface area (Å²) >= 11 is 0. The van der Waals surface area contributed by atoms with Crippen molar-refractivity contribution < 1.29 is 22.9 Å². The van der Waals surface area contributed by atoms with Crippen LogP contribution in [-0.2, 0) is 22.9 Å². The molecular formula is C18H24N5O5P. The quantitative estimate of drug-likeness (QED) is 0.742. The molecule has 10 nitrogen and oxygen atoms in total. The highest BCUT2D eigenvalue weighted by atomic mass is 31.2. The van der Waals surface area contributed by atoms with Gasteiger partial charge in [-0.05, 0) is 24.5 Å². The maximum atomic E-state index is 13.0. The molecule has 2 aliphatic heterocycles. The first-order chi connectivity index (χ1) is 13.6. The van der Waals surface area contributed by atoms with E-state index in [0.29, 0.717) is 17.0 Å². The molecule has 2 aliphatic rings. The van der Waals surface area contributed by atoms with Gasteiger partial charge in [0.1, 0.15) is 35.6 Å². The summed E-state index contributed by atoms with van der Waals surface area (Å²) in [5.74, 6) is 0.319. The number of nitrogens with zero attached hydrogens (tertiary/aromatic N) is 4. The average molecular weight is 421 g/mol. The number of fused-ring (bicyclic) bond motifs is 2. The van der Waals surface area contributed by atoms with E-state index in [-0.39, 0.29) is 18.6 Å². The van der Waals surface area contributed by atoms with Crippen molar-refractivity contribution in [3.05, 3.63) is 24.2 Å². The monoisotopic (exact) mass is 421 g/mol. The van der Waals surface area contributed by atoms with Crippen molar-refractivity contribution in [2.45, 2.75) is 46.0 Å². The van der Waals surface area contributed by atoms with Crippen LogP contribution < -0.4 is 5.73 Å². The van der Waals surface area contributed by atoms with Gasteiger partial charge in [0, 0.05) is 0 Å². The van der Waals surface area contributed by atoms with Gasteiger partial charge in [0.2, 0.25) is 0 Å². The van der Waals surface area contributed by atoms with Crippen LogP contribution in [0.15, 0.2) is 18.5 Å². The summed E-state index contributed by atoms with van der Waals surface area (Å²) in [4.78, 5) is 3.98. The summed E-state index contributed by atoms with van der Waals surface area (Å²) in [6, 6.07) is 5.85. The second-order valence-corrected chi connectivity index (χ2v) is 10.4. The number of phosphoric ester groups is 1. The van der Waals surface area contributed by atoms with Crippen LogP contribution in [-0.4, -0.2) is 40.0 Å². The second-order valence-electron chi connectivity index (χ2n) is 8.75. The summed E-state index contributed by atoms with van der Waals surface area (Å²) in [6.45, 7) is 7.75. The van der Waals surface area contributed by atoms with Crippen LogP contribution in [0.4, 0.5) is 5.82 Å². The predicted molar refractivity (Wildman–Crippen MR) is 103 cm³/mol. The van der Waals surface area contributed by atoms with Crippen LogP contribution in [0.5, 0.6) is 0 Å². The number of ether oxygens (including phenoxy) is 1. The lowest BCUT2D eigenvalue weighted by Gasteiger charge is -2.35. The van der Waals surface area contributed by atoms with Crippen molar-refractivity contribution in [1.82, 2.24) is 14.6 Å². The van der Waals surface area contributed by atoms with E-state index >= 15 is 0 Å². The minimum Gasteiger partial charge on any atom is -0.382 e. The van der Waals surface area contributed by atoms with Gasteiger partial charge in [0.05, 0.1) is 25.0 Å². The van der Waals surface area contributed by atoms with Gasteiger partial charge in [-0.15, -0.1) is 0 Å². The fourth-order valence-electron chi connectivity index (χ4n) is 3.57. The van der Waals surface area contributed by atoms with Gasteiger partial charge in [-0.3, -0.25) is 13.6 Å². The van der Waals surface area contributed by atoms with Gasteiger partial charge in [0.25, 0.3) is 0 Å². The molecule has 2 saturated heterocycles. The Bertz CT molecular complexity index is 1030. The highest BCUT2D eigenvalue weighted by Crippen LogP contribution is 2.62. The zero-order chi connectivity index (χ0) is 21.0. The van der Waals surface area contributed by atoms with Gasteiger partial charge in [-0.2, -0.15) is 10.4 Å². The van der Waals surface area contributed by atoms with E-state index in [0.717, 1.165) is 0 Å². The first kappa shape index (κ1) is 20.3. The molecule has 0 spiro atoms. The number of anilines is 1. The number of hydrogen-bond donors (Lipinski definition) is 1. The Morgan fingerprint density at radius 1 is 1.48 bits per heavy atom. The van der Waals surface area contributed by atoms with Gasteiger partial charge in [0.15, 0.2) is 5.82 Å². The molecule has 0 unspecified atom stereocenters. The summed E-state index contributed by atoms with van der Waals surface area (Å²) in [5, 5.41) is 14.3. The zero-order valence-corrected chi connectivity index (χ0v) is 17.6. The Balaban J connectivity index is 1.66. The van der Waals surface area contributed by atoms with Gasteiger partial charge < -0.3 is 10.5 Å². The number of hydrogen-bond acceptors (Lipinski definition) is 9. The van der Waals surface area contributed by atoms with E-state index in [1.165, 1.54) is 6.33 Å². The molecule has 2 aromatic rings. The molecule has 2 fully saturated rings. The maximum Gasteiger partial charge on any atom is 0.475 e. The van der Waals surface area contributed by atoms with Crippen LogP contribution in [0.1, 0.15) is 39.5 Å². The van der Waals surface area contributed by atoms with Crippen molar-refractivity contribution in [3.8, 4) is 6.07 Å². The third-order valence-corrected chi connectivity index (χ3v) is 6.50. The van der Waals surface area contributed by atoms with Gasteiger partial charge in [-0.25, -0.2) is 14.1 Å². The summed E-state index contributed by atoms with van der Waals surface area (Å²) in [5.41, 5.74) is 5.78. The van der Waals surface area contributed by atoms with E-state index in [1.807, 2.05) is 20.8 Å². The molecule has 0 bridgehead atoms. The topological polar surface area (TPSA) is 134 Å². The largest absolute Gasteiger partial charge is 0.475 e. The molecular weight excluding hydrogens is 397 g/mol. The summed E-state index contributed by atoms with van der Waals surface area (Å²) in [6.07, 6.45) is -0.723. The standard InChI is InChI=1S/C18H24N5O5P/c1-17(2,3)9-26-29(24)25-7-13-15(28-29)18(4,8-19)14(27-13)11-5-6-12-16(20)21-10-22-23(11)12/h5-6,10,13-15H,7,9H2,1-4H3,(H2,20,21,22)/t13-,14+,15-,18+,29-/m1/s1. The molecule has 2 aromatic heterocycles. The van der Waals surface area contributed by atoms with Crippen LogP contribution in [0.3, 0.4) is 0 Å². The van der Waals surface area contributed by atoms with Crippen molar-refractivity contribution in [2.24, 2.45) is 10.8 Å². The number of nitrogen functional groups attached to an aromatic ring is 1. The normalized spacial score (nSPS) is 34.8. The molecule has 29 heavy (non-hydrogen) atoms. The van der Waals surface area contributed by atoms with E-state index < -0.39 is 31.5 Å². The van der Waals surface area contributed by atoms with Crippen molar-refractivity contribution in [3.63, 3.8) is 0 Å². The molecule has 156 valence electrons. The van der Waals surface area contributed by atoms with E-state index in [9.17, 15) is 9.83 Å². The second kappa shape index (κ2) is 6.76. The van der Waals surface area contributed by atoms with Crippen molar-refractivity contribution in [2.75, 3.05) is 18.9 Å². The Hall–Kier alpha value is -2.02. The molecule has 0 radical (unpaired) electrons. The lowest BCUT2D eigenvalue weighted by atomic mass is 9.79. The smallest absolute Gasteiger partial charge is 0.382 e. The molecule has 0 aliphatic carbocycles. The first-order valence-corrected chi connectivity index (χ1v) is 10.7. The number of rotatable bonds is 3. The molecule has 11 heteroatoms. The van der Waals surface area contributed by atoms with E-state index in [1.54, 1.807) is 23.6 Å². The third kappa shape index (κ3) is 3.43. The molecule has 5 atom stereocenters. The highest BCUT2D eigenvalue weighted by molar-refractivity contribution is 7.48. The molecule has 4 rings (SSSR count). The van der Waals surface area contributed by atoms with Crippen LogP contribution >= 0.6 is 7.82 Å². The number of aromatic nitrogens is 3. The van der Waals surface area contributed by atoms with Crippen molar-refractivity contribution in [1.29, 1.82) is 5.26 Å². The Kier molecular flexibility index (Phi) is 4.72. The number of phosphoric acid groups is 1. The van der Waals surface area contributed by atoms with E-state index in [2.05, 4.69) is 16.2 Å². The number of nitrogens with two attached hydrogens (primary N) is 1. The Labute approximate surface area is 168 Å². The average Bonchev–Trinajstić information content (AvgIpc) is 3.20. The van der Waals surface area contributed by atoms with Gasteiger partial charge >= 0.3 is 7.82 Å². The first-order valence-electron chi connectivity index (χ1n) is 9.29. The lowest BCUT2D eigenvalue weighted by molar-refractivity contribution is -0.0634. The Morgan fingerprint density at radius 3 is 2.93 bits per heavy atom. The highest BCUT2D eigenvalue weighted by Gasteiger charge is 2.61. The molecule has 0 amide bonds.